The van der Waals surface area contributed by atoms with E-state index in [2.05, 4.69) is 5.32 Å². The molecule has 24 heavy (non-hydrogen) atoms. The molecule has 0 saturated carbocycles. The van der Waals surface area contributed by atoms with Gasteiger partial charge < -0.3 is 14.8 Å². The molecule has 2 aromatic rings. The summed E-state index contributed by atoms with van der Waals surface area (Å²) in [6.07, 6.45) is 1.36. The van der Waals surface area contributed by atoms with Gasteiger partial charge in [-0.1, -0.05) is 29.8 Å². The molecule has 1 unspecified atom stereocenters. The van der Waals surface area contributed by atoms with E-state index in [0.29, 0.717) is 24.5 Å². The fourth-order valence-electron chi connectivity index (χ4n) is 2.90. The van der Waals surface area contributed by atoms with Gasteiger partial charge in [0.05, 0.1) is 18.7 Å². The van der Waals surface area contributed by atoms with Crippen molar-refractivity contribution in [2.45, 2.75) is 39.7 Å². The number of nitrogens with one attached hydrogen (secondary N) is 1. The van der Waals surface area contributed by atoms with Gasteiger partial charge in [-0.25, -0.2) is 0 Å². The Hall–Kier alpha value is -2.49. The maximum absolute atomic E-state index is 12.4. The molecule has 1 atom stereocenters. The summed E-state index contributed by atoms with van der Waals surface area (Å²) in [5.74, 6) is 1.47. The van der Waals surface area contributed by atoms with Gasteiger partial charge >= 0.3 is 0 Å². The third-order valence-electron chi connectivity index (χ3n) is 4.06. The topological polar surface area (TPSA) is 47.6 Å². The number of amides is 1. The lowest BCUT2D eigenvalue weighted by molar-refractivity contribution is -0.115. The van der Waals surface area contributed by atoms with Crippen molar-refractivity contribution >= 4 is 11.6 Å². The van der Waals surface area contributed by atoms with Crippen LogP contribution in [0.15, 0.2) is 36.4 Å². The van der Waals surface area contributed by atoms with E-state index in [4.69, 9.17) is 9.47 Å². The zero-order chi connectivity index (χ0) is 17.1. The monoisotopic (exact) mass is 325 g/mol. The van der Waals surface area contributed by atoms with Crippen LogP contribution >= 0.6 is 0 Å². The van der Waals surface area contributed by atoms with E-state index < -0.39 is 0 Å². The lowest BCUT2D eigenvalue weighted by Crippen LogP contribution is -2.15. The molecule has 126 valence electrons. The van der Waals surface area contributed by atoms with Crippen LogP contribution in [0.4, 0.5) is 5.69 Å². The summed E-state index contributed by atoms with van der Waals surface area (Å²) in [7, 11) is 0. The number of benzene rings is 2. The molecule has 1 heterocycles. The minimum Gasteiger partial charge on any atom is -0.492 e. The van der Waals surface area contributed by atoms with E-state index in [1.54, 1.807) is 0 Å². The van der Waals surface area contributed by atoms with Crippen LogP contribution in [-0.4, -0.2) is 18.6 Å². The fraction of sp³-hybridized carbons (Fsp3) is 0.350. The minimum atomic E-state index is -0.0641. The third kappa shape index (κ3) is 3.70. The number of ether oxygens (including phenoxy) is 2. The second kappa shape index (κ2) is 6.95. The van der Waals surface area contributed by atoms with Crippen LogP contribution in [0, 0.1) is 6.92 Å². The molecular weight excluding hydrogens is 302 g/mol. The number of rotatable bonds is 5. The molecular formula is C20H23NO3. The number of carbonyl (C=O) groups excluding carboxylic acids is 1. The lowest BCUT2D eigenvalue weighted by Gasteiger charge is -2.13. The average molecular weight is 325 g/mol. The zero-order valence-corrected chi connectivity index (χ0v) is 14.4. The first kappa shape index (κ1) is 16.4. The van der Waals surface area contributed by atoms with Gasteiger partial charge in [-0.05, 0) is 32.4 Å². The molecule has 0 radical (unpaired) electrons. The molecule has 1 amide bonds. The first-order valence-electron chi connectivity index (χ1n) is 8.37. The average Bonchev–Trinajstić information content (AvgIpc) is 2.89. The Morgan fingerprint density at radius 3 is 2.75 bits per heavy atom. The van der Waals surface area contributed by atoms with Gasteiger partial charge in [0.2, 0.25) is 5.91 Å². The minimum absolute atomic E-state index is 0.0641. The number of carbonyl (C=O) groups is 1. The van der Waals surface area contributed by atoms with E-state index in [-0.39, 0.29) is 12.0 Å². The van der Waals surface area contributed by atoms with Crippen molar-refractivity contribution in [3.05, 3.63) is 53.1 Å². The van der Waals surface area contributed by atoms with Gasteiger partial charge in [0.15, 0.2) is 0 Å². The quantitative estimate of drug-likeness (QED) is 0.907. The molecule has 1 aliphatic heterocycles. The van der Waals surface area contributed by atoms with Crippen molar-refractivity contribution in [1.82, 2.24) is 0 Å². The first-order chi connectivity index (χ1) is 11.5. The SMILES string of the molecule is CCOc1cc2c(cc1NC(=O)Cc1ccc(C)cc1)OC(C)C2. The van der Waals surface area contributed by atoms with Gasteiger partial charge in [0, 0.05) is 18.1 Å². The number of anilines is 1. The number of hydrogen-bond donors (Lipinski definition) is 1. The maximum atomic E-state index is 12.4. The molecule has 0 aromatic heterocycles. The molecule has 0 spiro atoms. The summed E-state index contributed by atoms with van der Waals surface area (Å²) in [4.78, 5) is 12.4. The first-order valence-corrected chi connectivity index (χ1v) is 8.37. The van der Waals surface area contributed by atoms with Crippen molar-refractivity contribution in [2.24, 2.45) is 0 Å². The smallest absolute Gasteiger partial charge is 0.228 e. The lowest BCUT2D eigenvalue weighted by atomic mass is 10.1. The van der Waals surface area contributed by atoms with Gasteiger partial charge in [0.25, 0.3) is 0 Å². The Balaban J connectivity index is 1.77. The van der Waals surface area contributed by atoms with E-state index in [1.807, 2.05) is 57.2 Å². The van der Waals surface area contributed by atoms with Crippen molar-refractivity contribution in [3.63, 3.8) is 0 Å². The van der Waals surface area contributed by atoms with Crippen molar-refractivity contribution < 1.29 is 14.3 Å². The predicted molar refractivity (Wildman–Crippen MR) is 94.9 cm³/mol. The Bertz CT molecular complexity index is 737. The largest absolute Gasteiger partial charge is 0.492 e. The molecule has 0 bridgehead atoms. The Morgan fingerprint density at radius 1 is 1.29 bits per heavy atom. The van der Waals surface area contributed by atoms with Crippen LogP contribution in [0.2, 0.25) is 0 Å². The highest BCUT2D eigenvalue weighted by Crippen LogP contribution is 2.38. The summed E-state index contributed by atoms with van der Waals surface area (Å²) in [6, 6.07) is 11.8. The van der Waals surface area contributed by atoms with Crippen molar-refractivity contribution in [1.29, 1.82) is 0 Å². The highest BCUT2D eigenvalue weighted by atomic mass is 16.5. The molecule has 4 heteroatoms. The molecule has 0 fully saturated rings. The van der Waals surface area contributed by atoms with Gasteiger partial charge in [-0.3, -0.25) is 4.79 Å². The van der Waals surface area contributed by atoms with Gasteiger partial charge in [0.1, 0.15) is 17.6 Å². The summed E-state index contributed by atoms with van der Waals surface area (Å²) in [5, 5.41) is 2.96. The molecule has 2 aromatic carbocycles. The van der Waals surface area contributed by atoms with Gasteiger partial charge in [-0.2, -0.15) is 0 Å². The molecule has 1 N–H and O–H groups in total. The van der Waals surface area contributed by atoms with Crippen LogP contribution in [0.3, 0.4) is 0 Å². The van der Waals surface area contributed by atoms with E-state index in [1.165, 1.54) is 5.56 Å². The normalized spacial score (nSPS) is 15.5. The molecule has 4 nitrogen and oxygen atoms in total. The van der Waals surface area contributed by atoms with E-state index in [9.17, 15) is 4.79 Å². The van der Waals surface area contributed by atoms with Crippen LogP contribution in [0.25, 0.3) is 0 Å². The van der Waals surface area contributed by atoms with Gasteiger partial charge in [-0.15, -0.1) is 0 Å². The van der Waals surface area contributed by atoms with Crippen LogP contribution in [0.1, 0.15) is 30.5 Å². The Morgan fingerprint density at radius 2 is 2.04 bits per heavy atom. The fourth-order valence-corrected chi connectivity index (χ4v) is 2.90. The third-order valence-corrected chi connectivity index (χ3v) is 4.06. The molecule has 1 aliphatic rings. The highest BCUT2D eigenvalue weighted by Gasteiger charge is 2.22. The summed E-state index contributed by atoms with van der Waals surface area (Å²) in [6.45, 7) is 6.56. The van der Waals surface area contributed by atoms with Crippen LogP contribution in [0.5, 0.6) is 11.5 Å². The summed E-state index contributed by atoms with van der Waals surface area (Å²) in [5.41, 5.74) is 3.97. The van der Waals surface area contributed by atoms with E-state index >= 15 is 0 Å². The van der Waals surface area contributed by atoms with Crippen molar-refractivity contribution in [3.8, 4) is 11.5 Å². The second-order valence-corrected chi connectivity index (χ2v) is 6.23. The second-order valence-electron chi connectivity index (χ2n) is 6.23. The summed E-state index contributed by atoms with van der Waals surface area (Å²) < 4.78 is 11.5. The number of fused-ring (bicyclic) bond motifs is 1. The van der Waals surface area contributed by atoms with E-state index in [0.717, 1.165) is 23.3 Å². The number of hydrogen-bond acceptors (Lipinski definition) is 3. The highest BCUT2D eigenvalue weighted by molar-refractivity contribution is 5.94. The Labute approximate surface area is 142 Å². The predicted octanol–water partition coefficient (Wildman–Crippen LogP) is 3.90. The Kier molecular flexibility index (Phi) is 4.74. The molecule has 3 rings (SSSR count). The standard InChI is InChI=1S/C20H23NO3/c1-4-23-19-11-16-9-14(3)24-18(16)12-17(19)21-20(22)10-15-7-5-13(2)6-8-15/h5-8,11-12,14H,4,9-10H2,1-3H3,(H,21,22). The summed E-state index contributed by atoms with van der Waals surface area (Å²) >= 11 is 0. The molecule has 0 aliphatic carbocycles. The van der Waals surface area contributed by atoms with Crippen LogP contribution < -0.4 is 14.8 Å². The van der Waals surface area contributed by atoms with Crippen LogP contribution in [-0.2, 0) is 17.6 Å². The number of aryl methyl sites for hydroxylation is 1. The zero-order valence-electron chi connectivity index (χ0n) is 14.4. The van der Waals surface area contributed by atoms with Crippen molar-refractivity contribution in [2.75, 3.05) is 11.9 Å². The maximum Gasteiger partial charge on any atom is 0.228 e. The molecule has 0 saturated heterocycles.